The molecule has 1 heterocycles. The zero-order valence-electron chi connectivity index (χ0n) is 11.5. The van der Waals surface area contributed by atoms with E-state index in [2.05, 4.69) is 47.8 Å². The Hall–Kier alpha value is -1.03. The molecule has 0 aliphatic carbocycles. The van der Waals surface area contributed by atoms with E-state index in [0.717, 1.165) is 11.6 Å². The van der Waals surface area contributed by atoms with Crippen molar-refractivity contribution in [2.75, 3.05) is 19.0 Å². The van der Waals surface area contributed by atoms with Crippen LogP contribution in [0.4, 0.5) is 5.69 Å². The van der Waals surface area contributed by atoms with E-state index in [-0.39, 0.29) is 0 Å². The molecule has 4 heteroatoms. The lowest BCUT2D eigenvalue weighted by Gasteiger charge is -2.28. The fourth-order valence-electron chi connectivity index (χ4n) is 2.13. The highest BCUT2D eigenvalue weighted by Gasteiger charge is 2.16. The Morgan fingerprint density at radius 3 is 2.79 bits per heavy atom. The van der Waals surface area contributed by atoms with Crippen LogP contribution in [0.3, 0.4) is 0 Å². The number of thiophene rings is 1. The number of anilines is 1. The second-order valence-corrected chi connectivity index (χ2v) is 6.02. The smallest absolute Gasteiger partial charge is 0.0603 e. The molecule has 0 saturated heterocycles. The van der Waals surface area contributed by atoms with Crippen LogP contribution in [-0.2, 0) is 6.54 Å². The predicted octanol–water partition coefficient (Wildman–Crippen LogP) is 4.32. The summed E-state index contributed by atoms with van der Waals surface area (Å²) in [6, 6.07) is 10.7. The zero-order valence-corrected chi connectivity index (χ0v) is 13.1. The van der Waals surface area contributed by atoms with Crippen molar-refractivity contribution in [2.45, 2.75) is 19.5 Å². The molecule has 0 fully saturated rings. The molecule has 1 N–H and O–H groups in total. The Morgan fingerprint density at radius 2 is 2.16 bits per heavy atom. The highest BCUT2D eigenvalue weighted by molar-refractivity contribution is 7.10. The second kappa shape index (κ2) is 6.42. The summed E-state index contributed by atoms with van der Waals surface area (Å²) in [5.41, 5.74) is 2.44. The van der Waals surface area contributed by atoms with Crippen molar-refractivity contribution in [3.05, 3.63) is 51.2 Å². The van der Waals surface area contributed by atoms with Gasteiger partial charge in [-0.25, -0.2) is 0 Å². The van der Waals surface area contributed by atoms with E-state index in [4.69, 9.17) is 11.6 Å². The van der Waals surface area contributed by atoms with Crippen molar-refractivity contribution in [1.29, 1.82) is 0 Å². The maximum atomic E-state index is 6.15. The summed E-state index contributed by atoms with van der Waals surface area (Å²) in [5, 5.41) is 6.10. The maximum Gasteiger partial charge on any atom is 0.0603 e. The lowest BCUT2D eigenvalue weighted by atomic mass is 10.1. The van der Waals surface area contributed by atoms with Gasteiger partial charge in [0.05, 0.1) is 6.04 Å². The number of hydrogen-bond donors (Lipinski definition) is 1. The van der Waals surface area contributed by atoms with Crippen LogP contribution < -0.4 is 10.2 Å². The van der Waals surface area contributed by atoms with Crippen molar-refractivity contribution in [3.63, 3.8) is 0 Å². The van der Waals surface area contributed by atoms with Gasteiger partial charge in [0.25, 0.3) is 0 Å². The van der Waals surface area contributed by atoms with Crippen LogP contribution in [0.2, 0.25) is 5.02 Å². The molecule has 1 unspecified atom stereocenters. The zero-order chi connectivity index (χ0) is 13.8. The molecular formula is C15H19ClN2S. The van der Waals surface area contributed by atoms with Crippen LogP contribution in [0.15, 0.2) is 35.7 Å². The Balaban J connectivity index is 2.31. The molecule has 0 saturated carbocycles. The number of halogens is 1. The normalized spacial score (nSPS) is 12.4. The van der Waals surface area contributed by atoms with Gasteiger partial charge in [-0.15, -0.1) is 11.3 Å². The molecule has 0 radical (unpaired) electrons. The molecule has 102 valence electrons. The molecule has 2 nitrogen and oxygen atoms in total. The number of nitrogens with zero attached hydrogens (tertiary/aromatic N) is 1. The molecule has 19 heavy (non-hydrogen) atoms. The molecular weight excluding hydrogens is 276 g/mol. The first-order chi connectivity index (χ1) is 9.13. The minimum atomic E-state index is 0.342. The van der Waals surface area contributed by atoms with Gasteiger partial charge in [-0.2, -0.15) is 0 Å². The molecule has 2 rings (SSSR count). The summed E-state index contributed by atoms with van der Waals surface area (Å²) in [6.07, 6.45) is 0. The summed E-state index contributed by atoms with van der Waals surface area (Å²) in [7, 11) is 4.08. The van der Waals surface area contributed by atoms with Crippen molar-refractivity contribution < 1.29 is 0 Å². The van der Waals surface area contributed by atoms with Gasteiger partial charge in [0.15, 0.2) is 0 Å². The Kier molecular flexibility index (Phi) is 4.86. The summed E-state index contributed by atoms with van der Waals surface area (Å²) in [6.45, 7) is 3.06. The number of rotatable bonds is 5. The van der Waals surface area contributed by atoms with Gasteiger partial charge in [-0.1, -0.05) is 23.7 Å². The summed E-state index contributed by atoms with van der Waals surface area (Å²) >= 11 is 7.93. The number of benzene rings is 1. The van der Waals surface area contributed by atoms with Gasteiger partial charge in [0, 0.05) is 29.2 Å². The van der Waals surface area contributed by atoms with E-state index in [0.29, 0.717) is 6.04 Å². The monoisotopic (exact) mass is 294 g/mol. The summed E-state index contributed by atoms with van der Waals surface area (Å²) in [4.78, 5) is 3.64. The van der Waals surface area contributed by atoms with Crippen LogP contribution in [0, 0.1) is 0 Å². The van der Waals surface area contributed by atoms with Gasteiger partial charge < -0.3 is 10.2 Å². The Bertz CT molecular complexity index is 525. The molecule has 0 bridgehead atoms. The molecule has 0 aliphatic heterocycles. The third-order valence-electron chi connectivity index (χ3n) is 3.33. The highest BCUT2D eigenvalue weighted by Crippen LogP contribution is 2.32. The minimum Gasteiger partial charge on any atom is -0.367 e. The van der Waals surface area contributed by atoms with Gasteiger partial charge in [-0.05, 0) is 43.1 Å². The van der Waals surface area contributed by atoms with Crippen LogP contribution in [0.5, 0.6) is 0 Å². The van der Waals surface area contributed by atoms with E-state index < -0.39 is 0 Å². The van der Waals surface area contributed by atoms with Crippen LogP contribution >= 0.6 is 22.9 Å². The van der Waals surface area contributed by atoms with Crippen molar-refractivity contribution >= 4 is 28.6 Å². The van der Waals surface area contributed by atoms with Gasteiger partial charge in [0.2, 0.25) is 0 Å². The van der Waals surface area contributed by atoms with Crippen LogP contribution in [-0.4, -0.2) is 14.1 Å². The maximum absolute atomic E-state index is 6.15. The lowest BCUT2D eigenvalue weighted by molar-refractivity contribution is 0.738. The average molecular weight is 295 g/mol. The molecule has 0 amide bonds. The van der Waals surface area contributed by atoms with Crippen molar-refractivity contribution in [1.82, 2.24) is 5.32 Å². The SMILES string of the molecule is CNCc1ccc(Cl)cc1N(C)C(C)c1cccs1. The Morgan fingerprint density at radius 1 is 1.37 bits per heavy atom. The molecule has 1 atom stereocenters. The van der Waals surface area contributed by atoms with Crippen molar-refractivity contribution in [2.24, 2.45) is 0 Å². The first-order valence-corrected chi connectivity index (χ1v) is 7.58. The highest BCUT2D eigenvalue weighted by atomic mass is 35.5. The molecule has 1 aromatic carbocycles. The average Bonchev–Trinajstić information content (AvgIpc) is 2.93. The van der Waals surface area contributed by atoms with Gasteiger partial charge in [0.1, 0.15) is 0 Å². The summed E-state index contributed by atoms with van der Waals surface area (Å²) in [5.74, 6) is 0. The minimum absolute atomic E-state index is 0.342. The van der Waals surface area contributed by atoms with Gasteiger partial charge in [-0.3, -0.25) is 0 Å². The topological polar surface area (TPSA) is 15.3 Å². The fraction of sp³-hybridized carbons (Fsp3) is 0.333. The Labute approximate surface area is 124 Å². The quantitative estimate of drug-likeness (QED) is 0.883. The fourth-order valence-corrected chi connectivity index (χ4v) is 3.13. The van der Waals surface area contributed by atoms with E-state index in [1.165, 1.54) is 16.1 Å². The third-order valence-corrected chi connectivity index (χ3v) is 4.61. The first kappa shape index (κ1) is 14.4. The van der Waals surface area contributed by atoms with E-state index in [1.807, 2.05) is 19.2 Å². The van der Waals surface area contributed by atoms with Crippen LogP contribution in [0.1, 0.15) is 23.4 Å². The molecule has 1 aromatic heterocycles. The van der Waals surface area contributed by atoms with E-state index in [9.17, 15) is 0 Å². The van der Waals surface area contributed by atoms with Crippen LogP contribution in [0.25, 0.3) is 0 Å². The number of hydrogen-bond acceptors (Lipinski definition) is 3. The standard InChI is InChI=1S/C15H19ClN2S/c1-11(15-5-4-8-19-15)18(3)14-9-13(16)7-6-12(14)10-17-2/h4-9,11,17H,10H2,1-3H3. The lowest BCUT2D eigenvalue weighted by Crippen LogP contribution is -2.23. The van der Waals surface area contributed by atoms with E-state index in [1.54, 1.807) is 11.3 Å². The molecule has 0 aliphatic rings. The molecule has 0 spiro atoms. The number of nitrogens with one attached hydrogen (secondary N) is 1. The third kappa shape index (κ3) is 3.30. The largest absolute Gasteiger partial charge is 0.367 e. The predicted molar refractivity (Wildman–Crippen MR) is 85.4 cm³/mol. The molecule has 2 aromatic rings. The summed E-state index contributed by atoms with van der Waals surface area (Å²) < 4.78 is 0. The first-order valence-electron chi connectivity index (χ1n) is 6.32. The second-order valence-electron chi connectivity index (χ2n) is 4.61. The van der Waals surface area contributed by atoms with E-state index >= 15 is 0 Å². The van der Waals surface area contributed by atoms with Crippen molar-refractivity contribution in [3.8, 4) is 0 Å². The van der Waals surface area contributed by atoms with Gasteiger partial charge >= 0.3 is 0 Å².